The molecule has 2 aromatic rings. The lowest BCUT2D eigenvalue weighted by Gasteiger charge is -2.11. The molecular weight excluding hydrogens is 235 g/mol. The molecular formula is C11H6F3NO2. The minimum absolute atomic E-state index is 0.0112. The van der Waals surface area contributed by atoms with Crippen molar-refractivity contribution < 1.29 is 23.1 Å². The Morgan fingerprint density at radius 2 is 1.88 bits per heavy atom. The molecule has 0 saturated carbocycles. The number of alkyl halides is 3. The van der Waals surface area contributed by atoms with E-state index in [4.69, 9.17) is 0 Å². The van der Waals surface area contributed by atoms with Crippen molar-refractivity contribution in [2.45, 2.75) is 6.18 Å². The Labute approximate surface area is 93.5 Å². The second kappa shape index (κ2) is 3.73. The number of aromatic hydroxyl groups is 1. The van der Waals surface area contributed by atoms with Crippen LogP contribution in [0.5, 0.6) is 5.75 Å². The van der Waals surface area contributed by atoms with Gasteiger partial charge in [0.15, 0.2) is 12.0 Å². The summed E-state index contributed by atoms with van der Waals surface area (Å²) in [6, 6.07) is 5.75. The van der Waals surface area contributed by atoms with Crippen molar-refractivity contribution >= 4 is 17.2 Å². The molecule has 1 N–H and O–H groups in total. The maximum Gasteiger partial charge on any atom is 0.434 e. The first kappa shape index (κ1) is 11.4. The lowest BCUT2D eigenvalue weighted by molar-refractivity contribution is -0.141. The van der Waals surface area contributed by atoms with Crippen LogP contribution in [0.2, 0.25) is 0 Å². The Balaban J connectivity index is 2.90. The van der Waals surface area contributed by atoms with E-state index in [1.165, 1.54) is 24.3 Å². The predicted molar refractivity (Wildman–Crippen MR) is 53.8 cm³/mol. The fraction of sp³-hybridized carbons (Fsp3) is 0.0909. The third kappa shape index (κ3) is 1.82. The van der Waals surface area contributed by atoms with Gasteiger partial charge in [-0.2, -0.15) is 13.2 Å². The fourth-order valence-corrected chi connectivity index (χ4v) is 1.54. The molecule has 2 rings (SSSR count). The summed E-state index contributed by atoms with van der Waals surface area (Å²) < 4.78 is 37.8. The van der Waals surface area contributed by atoms with Gasteiger partial charge in [0.2, 0.25) is 0 Å². The molecule has 0 radical (unpaired) electrons. The van der Waals surface area contributed by atoms with Gasteiger partial charge in [-0.15, -0.1) is 0 Å². The van der Waals surface area contributed by atoms with E-state index < -0.39 is 23.2 Å². The third-order valence-corrected chi connectivity index (χ3v) is 2.29. The number of nitrogens with zero attached hydrogens (tertiary/aromatic N) is 1. The molecule has 0 aliphatic heterocycles. The molecule has 0 aliphatic rings. The number of carbonyl (C=O) groups is 1. The highest BCUT2D eigenvalue weighted by molar-refractivity contribution is 5.94. The van der Waals surface area contributed by atoms with E-state index in [2.05, 4.69) is 4.98 Å². The van der Waals surface area contributed by atoms with Crippen LogP contribution < -0.4 is 0 Å². The van der Waals surface area contributed by atoms with Crippen molar-refractivity contribution in [3.63, 3.8) is 0 Å². The summed E-state index contributed by atoms with van der Waals surface area (Å²) in [5.41, 5.74) is -2.22. The van der Waals surface area contributed by atoms with Gasteiger partial charge in [0.05, 0.1) is 11.1 Å². The number of hydrogen-bond acceptors (Lipinski definition) is 3. The van der Waals surface area contributed by atoms with Gasteiger partial charge in [0.25, 0.3) is 0 Å². The van der Waals surface area contributed by atoms with Crippen molar-refractivity contribution in [3.05, 3.63) is 35.5 Å². The van der Waals surface area contributed by atoms with Gasteiger partial charge in [-0.05, 0) is 12.1 Å². The SMILES string of the molecule is O=Cc1c(C(F)(F)F)nc2ccccc2c1O. The first-order valence-electron chi connectivity index (χ1n) is 4.59. The normalized spacial score (nSPS) is 11.7. The van der Waals surface area contributed by atoms with E-state index in [0.717, 1.165) is 0 Å². The Morgan fingerprint density at radius 3 is 2.47 bits per heavy atom. The summed E-state index contributed by atoms with van der Waals surface area (Å²) in [6.07, 6.45) is -4.82. The molecule has 1 heterocycles. The summed E-state index contributed by atoms with van der Waals surface area (Å²) in [5, 5.41) is 9.74. The van der Waals surface area contributed by atoms with Crippen LogP contribution in [0.15, 0.2) is 24.3 Å². The number of aldehydes is 1. The van der Waals surface area contributed by atoms with E-state index >= 15 is 0 Å². The number of aromatic nitrogens is 1. The van der Waals surface area contributed by atoms with Gasteiger partial charge in [-0.3, -0.25) is 4.79 Å². The van der Waals surface area contributed by atoms with Gasteiger partial charge < -0.3 is 5.11 Å². The Morgan fingerprint density at radius 1 is 1.24 bits per heavy atom. The van der Waals surface area contributed by atoms with Crippen LogP contribution in [0.1, 0.15) is 16.1 Å². The summed E-state index contributed by atoms with van der Waals surface area (Å²) in [6.45, 7) is 0. The lowest BCUT2D eigenvalue weighted by atomic mass is 10.1. The highest BCUT2D eigenvalue weighted by atomic mass is 19.4. The Kier molecular flexibility index (Phi) is 2.49. The van der Waals surface area contributed by atoms with Crippen LogP contribution in [0, 0.1) is 0 Å². The second-order valence-electron chi connectivity index (χ2n) is 3.36. The molecule has 0 aliphatic carbocycles. The number of para-hydroxylation sites is 1. The topological polar surface area (TPSA) is 50.2 Å². The number of rotatable bonds is 1. The first-order chi connectivity index (χ1) is 7.95. The molecule has 1 aromatic carbocycles. The third-order valence-electron chi connectivity index (χ3n) is 2.29. The van der Waals surface area contributed by atoms with Crippen LogP contribution in [0.25, 0.3) is 10.9 Å². The predicted octanol–water partition coefficient (Wildman–Crippen LogP) is 2.77. The van der Waals surface area contributed by atoms with Crippen molar-refractivity contribution in [2.24, 2.45) is 0 Å². The van der Waals surface area contributed by atoms with Gasteiger partial charge >= 0.3 is 6.18 Å². The zero-order chi connectivity index (χ0) is 12.6. The average Bonchev–Trinajstić information content (AvgIpc) is 2.28. The van der Waals surface area contributed by atoms with Crippen molar-refractivity contribution in [3.8, 4) is 5.75 Å². The Hall–Kier alpha value is -2.11. The molecule has 0 atom stereocenters. The number of fused-ring (bicyclic) bond motifs is 1. The molecule has 0 unspecified atom stereocenters. The average molecular weight is 241 g/mol. The quantitative estimate of drug-likeness (QED) is 0.781. The van der Waals surface area contributed by atoms with Gasteiger partial charge in [0.1, 0.15) is 5.75 Å². The molecule has 0 saturated heterocycles. The van der Waals surface area contributed by atoms with E-state index in [9.17, 15) is 23.1 Å². The van der Waals surface area contributed by atoms with Crippen molar-refractivity contribution in [2.75, 3.05) is 0 Å². The highest BCUT2D eigenvalue weighted by Crippen LogP contribution is 2.36. The van der Waals surface area contributed by atoms with Crippen molar-refractivity contribution in [1.82, 2.24) is 4.98 Å². The highest BCUT2D eigenvalue weighted by Gasteiger charge is 2.37. The van der Waals surface area contributed by atoms with Crippen LogP contribution in [0.3, 0.4) is 0 Å². The number of hydrogen-bond donors (Lipinski definition) is 1. The molecule has 1 aromatic heterocycles. The first-order valence-corrected chi connectivity index (χ1v) is 4.59. The van der Waals surface area contributed by atoms with E-state index in [1.807, 2.05) is 0 Å². The van der Waals surface area contributed by atoms with Crippen molar-refractivity contribution in [1.29, 1.82) is 0 Å². The number of halogens is 3. The fourth-order valence-electron chi connectivity index (χ4n) is 1.54. The van der Waals surface area contributed by atoms with E-state index in [0.29, 0.717) is 0 Å². The van der Waals surface area contributed by atoms with E-state index in [-0.39, 0.29) is 17.2 Å². The molecule has 17 heavy (non-hydrogen) atoms. The molecule has 88 valence electrons. The molecule has 3 nitrogen and oxygen atoms in total. The standard InChI is InChI=1S/C11H6F3NO2/c12-11(13,14)10-7(5-16)9(17)6-3-1-2-4-8(6)15-10/h1-5H,(H,15,17). The van der Waals surface area contributed by atoms with Crippen LogP contribution in [-0.2, 0) is 6.18 Å². The molecule has 0 spiro atoms. The zero-order valence-corrected chi connectivity index (χ0v) is 8.32. The number of pyridine rings is 1. The number of benzene rings is 1. The van der Waals surface area contributed by atoms with Crippen LogP contribution in [-0.4, -0.2) is 16.4 Å². The summed E-state index contributed by atoms with van der Waals surface area (Å²) >= 11 is 0. The maximum atomic E-state index is 12.6. The smallest absolute Gasteiger partial charge is 0.434 e. The number of carbonyl (C=O) groups excluding carboxylic acids is 1. The largest absolute Gasteiger partial charge is 0.506 e. The molecule has 0 fully saturated rings. The molecule has 6 heteroatoms. The maximum absolute atomic E-state index is 12.6. The van der Waals surface area contributed by atoms with Gasteiger partial charge in [0, 0.05) is 5.39 Å². The summed E-state index contributed by atoms with van der Waals surface area (Å²) in [5.74, 6) is -0.696. The zero-order valence-electron chi connectivity index (χ0n) is 8.32. The summed E-state index contributed by atoms with van der Waals surface area (Å²) in [4.78, 5) is 14.0. The van der Waals surface area contributed by atoms with Crippen LogP contribution >= 0.6 is 0 Å². The monoisotopic (exact) mass is 241 g/mol. The lowest BCUT2D eigenvalue weighted by Crippen LogP contribution is -2.12. The van der Waals surface area contributed by atoms with Gasteiger partial charge in [-0.1, -0.05) is 12.1 Å². The minimum atomic E-state index is -4.78. The molecule has 0 amide bonds. The molecule has 0 bridgehead atoms. The summed E-state index contributed by atoms with van der Waals surface area (Å²) in [7, 11) is 0. The van der Waals surface area contributed by atoms with Gasteiger partial charge in [-0.25, -0.2) is 4.98 Å². The van der Waals surface area contributed by atoms with Crippen LogP contribution in [0.4, 0.5) is 13.2 Å². The second-order valence-corrected chi connectivity index (χ2v) is 3.36. The van der Waals surface area contributed by atoms with E-state index in [1.54, 1.807) is 0 Å². The minimum Gasteiger partial charge on any atom is -0.506 e. The Bertz CT molecular complexity index is 593.